The van der Waals surface area contributed by atoms with Crippen molar-refractivity contribution in [1.82, 2.24) is 0 Å². The number of aliphatic hydroxyl groups excluding tert-OH is 1. The Hall–Kier alpha value is -3.13. The van der Waals surface area contributed by atoms with Crippen molar-refractivity contribution in [3.63, 3.8) is 0 Å². The Morgan fingerprint density at radius 1 is 1.08 bits per heavy atom. The Kier molecular flexibility index (Phi) is 5.04. The summed E-state index contributed by atoms with van der Waals surface area (Å²) in [4.78, 5) is 26.2. The molecule has 8 heteroatoms. The van der Waals surface area contributed by atoms with Crippen LogP contribution in [0.5, 0.6) is 0 Å². The third kappa shape index (κ3) is 3.60. The highest BCUT2D eigenvalue weighted by Crippen LogP contribution is 2.31. The van der Waals surface area contributed by atoms with E-state index < -0.39 is 10.8 Å². The van der Waals surface area contributed by atoms with E-state index in [-0.39, 0.29) is 12.3 Å². The Labute approximate surface area is 150 Å². The number of carbonyl (C=O) groups excluding carboxylic acids is 1. The lowest BCUT2D eigenvalue weighted by Crippen LogP contribution is -2.46. The number of anilines is 2. The van der Waals surface area contributed by atoms with Gasteiger partial charge in [-0.15, -0.1) is 0 Å². The second kappa shape index (κ2) is 7.40. The van der Waals surface area contributed by atoms with Crippen LogP contribution in [0.1, 0.15) is 15.9 Å². The zero-order valence-corrected chi connectivity index (χ0v) is 14.2. The van der Waals surface area contributed by atoms with Gasteiger partial charge in [-0.1, -0.05) is 0 Å². The summed E-state index contributed by atoms with van der Waals surface area (Å²) in [7, 11) is 0. The first-order chi connectivity index (χ1) is 12.5. The number of amides is 1. The molecule has 1 amide bonds. The van der Waals surface area contributed by atoms with E-state index in [4.69, 9.17) is 5.73 Å². The molecule has 1 fully saturated rings. The van der Waals surface area contributed by atoms with E-state index in [2.05, 4.69) is 4.90 Å². The van der Waals surface area contributed by atoms with Crippen LogP contribution in [-0.4, -0.2) is 42.1 Å². The number of nitrogens with zero attached hydrogens (tertiary/aromatic N) is 3. The number of carbonyl (C=O) groups is 1. The lowest BCUT2D eigenvalue weighted by molar-refractivity contribution is -0.384. The van der Waals surface area contributed by atoms with Crippen LogP contribution in [0.15, 0.2) is 42.5 Å². The molecule has 2 aromatic carbocycles. The van der Waals surface area contributed by atoms with Gasteiger partial charge in [0.15, 0.2) is 0 Å². The van der Waals surface area contributed by atoms with E-state index in [0.717, 1.165) is 5.69 Å². The molecule has 3 N–H and O–H groups in total. The maximum Gasteiger partial charge on any atom is 0.292 e. The number of primary amides is 1. The molecule has 1 aliphatic rings. The maximum absolute atomic E-state index is 11.3. The van der Waals surface area contributed by atoms with Crippen LogP contribution in [0, 0.1) is 10.1 Å². The van der Waals surface area contributed by atoms with Crippen molar-refractivity contribution in [2.45, 2.75) is 6.61 Å². The van der Waals surface area contributed by atoms with Crippen LogP contribution in [0.3, 0.4) is 0 Å². The molecule has 26 heavy (non-hydrogen) atoms. The Morgan fingerprint density at radius 2 is 1.69 bits per heavy atom. The average molecular weight is 356 g/mol. The first-order valence-corrected chi connectivity index (χ1v) is 8.27. The lowest BCUT2D eigenvalue weighted by atomic mass is 10.1. The molecule has 0 aliphatic carbocycles. The van der Waals surface area contributed by atoms with Gasteiger partial charge in [0.25, 0.3) is 5.69 Å². The fourth-order valence-electron chi connectivity index (χ4n) is 3.12. The molecular weight excluding hydrogens is 336 g/mol. The van der Waals surface area contributed by atoms with Gasteiger partial charge < -0.3 is 20.6 Å². The predicted molar refractivity (Wildman–Crippen MR) is 98.4 cm³/mol. The van der Waals surface area contributed by atoms with Crippen molar-refractivity contribution in [3.05, 3.63) is 63.7 Å². The number of nitrogens with two attached hydrogens (primary N) is 1. The molecule has 136 valence electrons. The molecule has 0 aromatic heterocycles. The van der Waals surface area contributed by atoms with Crippen molar-refractivity contribution in [2.75, 3.05) is 36.0 Å². The van der Waals surface area contributed by atoms with Gasteiger partial charge in [0, 0.05) is 43.5 Å². The number of nitro groups is 1. The topological polar surface area (TPSA) is 113 Å². The Morgan fingerprint density at radius 3 is 2.23 bits per heavy atom. The second-order valence-electron chi connectivity index (χ2n) is 6.12. The molecular formula is C18H20N4O4. The van der Waals surface area contributed by atoms with E-state index >= 15 is 0 Å². The molecule has 0 bridgehead atoms. The summed E-state index contributed by atoms with van der Waals surface area (Å²) in [6.07, 6.45) is 0. The van der Waals surface area contributed by atoms with Gasteiger partial charge in [-0.3, -0.25) is 14.9 Å². The van der Waals surface area contributed by atoms with E-state index in [9.17, 15) is 20.0 Å². The van der Waals surface area contributed by atoms with E-state index in [1.165, 1.54) is 6.07 Å². The van der Waals surface area contributed by atoms with Gasteiger partial charge in [0.1, 0.15) is 5.69 Å². The fraction of sp³-hybridized carbons (Fsp3) is 0.278. The van der Waals surface area contributed by atoms with Crippen molar-refractivity contribution < 1.29 is 14.8 Å². The summed E-state index contributed by atoms with van der Waals surface area (Å²) in [6, 6.07) is 11.8. The number of nitro benzene ring substituents is 1. The number of rotatable bonds is 5. The largest absolute Gasteiger partial charge is 0.392 e. The van der Waals surface area contributed by atoms with Gasteiger partial charge in [0.2, 0.25) is 5.91 Å². The highest BCUT2D eigenvalue weighted by Gasteiger charge is 2.24. The summed E-state index contributed by atoms with van der Waals surface area (Å²) >= 11 is 0. The van der Waals surface area contributed by atoms with Gasteiger partial charge in [0.05, 0.1) is 11.5 Å². The van der Waals surface area contributed by atoms with Gasteiger partial charge in [-0.25, -0.2) is 0 Å². The highest BCUT2D eigenvalue weighted by molar-refractivity contribution is 5.93. The van der Waals surface area contributed by atoms with E-state index in [1.807, 2.05) is 17.0 Å². The smallest absolute Gasteiger partial charge is 0.292 e. The molecule has 8 nitrogen and oxygen atoms in total. The second-order valence-corrected chi connectivity index (χ2v) is 6.12. The Bertz CT molecular complexity index is 814. The number of aliphatic hydroxyl groups is 1. The van der Waals surface area contributed by atoms with E-state index in [0.29, 0.717) is 43.0 Å². The summed E-state index contributed by atoms with van der Waals surface area (Å²) in [5.74, 6) is -0.461. The predicted octanol–water partition coefficient (Wildman–Crippen LogP) is 1.51. The molecule has 1 heterocycles. The van der Waals surface area contributed by atoms with Crippen LogP contribution < -0.4 is 15.5 Å². The molecule has 0 unspecified atom stereocenters. The summed E-state index contributed by atoms with van der Waals surface area (Å²) < 4.78 is 0. The van der Waals surface area contributed by atoms with Crippen molar-refractivity contribution in [2.24, 2.45) is 5.73 Å². The van der Waals surface area contributed by atoms with Crippen molar-refractivity contribution in [1.29, 1.82) is 0 Å². The SMILES string of the molecule is NC(=O)c1ccc(N2CCN(c3cc(CO)ccc3[N+](=O)[O-])CC2)cc1. The van der Waals surface area contributed by atoms with Gasteiger partial charge in [-0.05, 0) is 42.0 Å². The zero-order valence-electron chi connectivity index (χ0n) is 14.2. The summed E-state index contributed by atoms with van der Waals surface area (Å²) in [5.41, 5.74) is 7.92. The third-order valence-electron chi connectivity index (χ3n) is 4.56. The minimum Gasteiger partial charge on any atom is -0.392 e. The van der Waals surface area contributed by atoms with Crippen LogP contribution >= 0.6 is 0 Å². The number of benzene rings is 2. The van der Waals surface area contributed by atoms with Crippen LogP contribution in [0.2, 0.25) is 0 Å². The zero-order chi connectivity index (χ0) is 18.7. The van der Waals surface area contributed by atoms with Crippen LogP contribution in [0.4, 0.5) is 17.1 Å². The molecule has 1 saturated heterocycles. The fourth-order valence-corrected chi connectivity index (χ4v) is 3.12. The molecule has 0 atom stereocenters. The van der Waals surface area contributed by atoms with Gasteiger partial charge in [-0.2, -0.15) is 0 Å². The monoisotopic (exact) mass is 356 g/mol. The molecule has 0 radical (unpaired) electrons. The third-order valence-corrected chi connectivity index (χ3v) is 4.56. The normalized spacial score (nSPS) is 14.3. The highest BCUT2D eigenvalue weighted by atomic mass is 16.6. The average Bonchev–Trinajstić information content (AvgIpc) is 2.67. The number of piperazine rings is 1. The van der Waals surface area contributed by atoms with Crippen molar-refractivity contribution >= 4 is 23.0 Å². The minimum absolute atomic E-state index is 0.0430. The van der Waals surface area contributed by atoms with Crippen LogP contribution in [-0.2, 0) is 6.61 Å². The summed E-state index contributed by atoms with van der Waals surface area (Å²) in [5, 5.41) is 20.6. The quantitative estimate of drug-likeness (QED) is 0.620. The van der Waals surface area contributed by atoms with Crippen LogP contribution in [0.25, 0.3) is 0 Å². The van der Waals surface area contributed by atoms with Crippen molar-refractivity contribution in [3.8, 4) is 0 Å². The number of hydrogen-bond donors (Lipinski definition) is 2. The number of hydrogen-bond acceptors (Lipinski definition) is 6. The van der Waals surface area contributed by atoms with Gasteiger partial charge >= 0.3 is 0 Å². The molecule has 0 spiro atoms. The molecule has 2 aromatic rings. The lowest BCUT2D eigenvalue weighted by Gasteiger charge is -2.37. The first kappa shape index (κ1) is 17.7. The van der Waals surface area contributed by atoms with E-state index in [1.54, 1.807) is 24.3 Å². The summed E-state index contributed by atoms with van der Waals surface area (Å²) in [6.45, 7) is 2.46. The molecule has 1 aliphatic heterocycles. The first-order valence-electron chi connectivity index (χ1n) is 8.27. The maximum atomic E-state index is 11.3. The minimum atomic E-state index is -0.461. The standard InChI is InChI=1S/C18H20N4O4/c19-18(24)14-2-4-15(5-3-14)20-7-9-21(10-8-20)17-11-13(12-23)1-6-16(17)22(25)26/h1-6,11,23H,7-10,12H2,(H2,19,24). The molecule has 0 saturated carbocycles. The molecule has 3 rings (SSSR count). The Balaban J connectivity index is 1.74.